The Hall–Kier alpha value is 1.46. The first-order valence-electron chi connectivity index (χ1n) is 6.47. The molecular weight excluding hydrogens is 410 g/mol. The summed E-state index contributed by atoms with van der Waals surface area (Å²) in [6.07, 6.45) is 10.7. The third-order valence-corrected chi connectivity index (χ3v) is 6.95. The Labute approximate surface area is 122 Å². The average molecular weight is 432 g/mol. The van der Waals surface area contributed by atoms with Crippen molar-refractivity contribution in [1.82, 2.24) is 0 Å². The van der Waals surface area contributed by atoms with Crippen LogP contribution in [0, 0.1) is 23.7 Å². The molecule has 0 aromatic rings. The van der Waals surface area contributed by atoms with Gasteiger partial charge in [-0.2, -0.15) is 0 Å². The molecule has 2 aliphatic rings. The number of hydrogen-bond donors (Lipinski definition) is 0. The highest BCUT2D eigenvalue weighted by Crippen LogP contribution is 2.45. The second-order valence-electron chi connectivity index (χ2n) is 5.46. The van der Waals surface area contributed by atoms with Gasteiger partial charge in [0.2, 0.25) is 0 Å². The lowest BCUT2D eigenvalue weighted by atomic mass is 9.72. The molecule has 2 heteroatoms. The smallest absolute Gasteiger partial charge is 0.00264 e. The number of rotatable bonds is 3. The number of halogens is 2. The standard InChI is InChI=1S/C13H22I2/c14-8-10-5-6-11(7-10)13-4-2-1-3-12(13)9-15/h10-13H,1-9H2. The van der Waals surface area contributed by atoms with Gasteiger partial charge in [-0.3, -0.25) is 0 Å². The van der Waals surface area contributed by atoms with Crippen molar-refractivity contribution >= 4 is 45.2 Å². The van der Waals surface area contributed by atoms with E-state index >= 15 is 0 Å². The van der Waals surface area contributed by atoms with Crippen molar-refractivity contribution in [1.29, 1.82) is 0 Å². The molecule has 0 nitrogen and oxygen atoms in total. The van der Waals surface area contributed by atoms with Crippen molar-refractivity contribution < 1.29 is 0 Å². The Balaban J connectivity index is 1.90. The Kier molecular flexibility index (Phi) is 5.51. The van der Waals surface area contributed by atoms with Crippen LogP contribution in [0.5, 0.6) is 0 Å². The Morgan fingerprint density at radius 2 is 1.67 bits per heavy atom. The number of hydrogen-bond acceptors (Lipinski definition) is 0. The average Bonchev–Trinajstić information content (AvgIpc) is 2.77. The minimum atomic E-state index is 1.06. The van der Waals surface area contributed by atoms with Crippen LogP contribution in [0.4, 0.5) is 0 Å². The van der Waals surface area contributed by atoms with Crippen molar-refractivity contribution in [3.05, 3.63) is 0 Å². The van der Waals surface area contributed by atoms with E-state index in [1.54, 1.807) is 19.3 Å². The quantitative estimate of drug-likeness (QED) is 0.431. The van der Waals surface area contributed by atoms with Gasteiger partial charge in [0.25, 0.3) is 0 Å². The summed E-state index contributed by atoms with van der Waals surface area (Å²) >= 11 is 5.20. The van der Waals surface area contributed by atoms with Crippen molar-refractivity contribution in [2.75, 3.05) is 8.86 Å². The first kappa shape index (κ1) is 12.9. The van der Waals surface area contributed by atoms with Gasteiger partial charge in [0.05, 0.1) is 0 Å². The lowest BCUT2D eigenvalue weighted by molar-refractivity contribution is 0.179. The van der Waals surface area contributed by atoms with Crippen molar-refractivity contribution in [3.63, 3.8) is 0 Å². The largest absolute Gasteiger partial charge is 0.0861 e. The van der Waals surface area contributed by atoms with E-state index in [0.29, 0.717) is 0 Å². The highest BCUT2D eigenvalue weighted by Gasteiger charge is 2.35. The maximum atomic E-state index is 2.62. The summed E-state index contributed by atoms with van der Waals surface area (Å²) in [5.74, 6) is 4.33. The summed E-state index contributed by atoms with van der Waals surface area (Å²) < 4.78 is 2.81. The third kappa shape index (κ3) is 3.23. The monoisotopic (exact) mass is 432 g/mol. The molecule has 0 spiro atoms. The molecule has 0 aromatic carbocycles. The van der Waals surface area contributed by atoms with Crippen LogP contribution < -0.4 is 0 Å². The van der Waals surface area contributed by atoms with Crippen molar-refractivity contribution in [2.24, 2.45) is 23.7 Å². The van der Waals surface area contributed by atoms with Gasteiger partial charge < -0.3 is 0 Å². The van der Waals surface area contributed by atoms with Gasteiger partial charge in [-0.05, 0) is 55.8 Å². The highest BCUT2D eigenvalue weighted by molar-refractivity contribution is 14.1. The summed E-state index contributed by atoms with van der Waals surface area (Å²) in [6.45, 7) is 0. The van der Waals surface area contributed by atoms with E-state index in [0.717, 1.165) is 23.7 Å². The fourth-order valence-corrected chi connectivity index (χ4v) is 5.58. The van der Waals surface area contributed by atoms with E-state index in [1.807, 2.05) is 0 Å². The predicted octanol–water partition coefficient (Wildman–Crippen LogP) is 5.08. The van der Waals surface area contributed by atoms with E-state index in [9.17, 15) is 0 Å². The molecule has 0 bridgehead atoms. The van der Waals surface area contributed by atoms with Gasteiger partial charge in [0.1, 0.15) is 0 Å². The van der Waals surface area contributed by atoms with Crippen LogP contribution in [-0.4, -0.2) is 8.86 Å². The van der Waals surface area contributed by atoms with Gasteiger partial charge in [-0.15, -0.1) is 0 Å². The van der Waals surface area contributed by atoms with E-state index in [4.69, 9.17) is 0 Å². The van der Waals surface area contributed by atoms with Crippen molar-refractivity contribution in [2.45, 2.75) is 44.9 Å². The first-order valence-corrected chi connectivity index (χ1v) is 9.52. The Morgan fingerprint density at radius 1 is 0.867 bits per heavy atom. The molecule has 2 saturated carbocycles. The molecule has 2 fully saturated rings. The van der Waals surface area contributed by atoms with Gasteiger partial charge in [-0.25, -0.2) is 0 Å². The summed E-state index contributed by atoms with van der Waals surface area (Å²) in [5.41, 5.74) is 0. The van der Waals surface area contributed by atoms with E-state index < -0.39 is 0 Å². The van der Waals surface area contributed by atoms with Crippen molar-refractivity contribution in [3.8, 4) is 0 Å². The van der Waals surface area contributed by atoms with Gasteiger partial charge in [0.15, 0.2) is 0 Å². The van der Waals surface area contributed by atoms with E-state index in [1.165, 1.54) is 34.5 Å². The maximum Gasteiger partial charge on any atom is 0.00264 e. The van der Waals surface area contributed by atoms with Crippen LogP contribution in [0.15, 0.2) is 0 Å². The van der Waals surface area contributed by atoms with Crippen LogP contribution in [0.2, 0.25) is 0 Å². The zero-order chi connectivity index (χ0) is 10.7. The van der Waals surface area contributed by atoms with E-state index in [-0.39, 0.29) is 0 Å². The molecule has 0 aromatic heterocycles. The zero-order valence-corrected chi connectivity index (χ0v) is 13.7. The van der Waals surface area contributed by atoms with Crippen LogP contribution in [0.1, 0.15) is 44.9 Å². The molecule has 4 unspecified atom stereocenters. The minimum absolute atomic E-state index is 1.06. The predicted molar refractivity (Wildman–Crippen MR) is 84.1 cm³/mol. The normalized spacial score (nSPS) is 42.0. The van der Waals surface area contributed by atoms with Gasteiger partial charge >= 0.3 is 0 Å². The maximum absolute atomic E-state index is 2.62. The molecule has 0 heterocycles. The summed E-state index contributed by atoms with van der Waals surface area (Å²) in [4.78, 5) is 0. The minimum Gasteiger partial charge on any atom is -0.0861 e. The Bertz CT molecular complexity index is 193. The molecular formula is C13H22I2. The molecule has 4 atom stereocenters. The molecule has 88 valence electrons. The molecule has 0 radical (unpaired) electrons. The molecule has 0 amide bonds. The van der Waals surface area contributed by atoms with Crippen LogP contribution in [0.25, 0.3) is 0 Å². The lowest BCUT2D eigenvalue weighted by Gasteiger charge is -2.35. The molecule has 0 saturated heterocycles. The summed E-state index contributed by atoms with van der Waals surface area (Å²) in [5, 5.41) is 0. The van der Waals surface area contributed by atoms with Crippen LogP contribution in [-0.2, 0) is 0 Å². The molecule has 15 heavy (non-hydrogen) atoms. The Morgan fingerprint density at radius 3 is 2.33 bits per heavy atom. The summed E-state index contributed by atoms with van der Waals surface area (Å²) in [7, 11) is 0. The molecule has 2 aliphatic carbocycles. The van der Waals surface area contributed by atoms with Crippen LogP contribution >= 0.6 is 45.2 Å². The van der Waals surface area contributed by atoms with Gasteiger partial charge in [-0.1, -0.05) is 58.0 Å². The van der Waals surface area contributed by atoms with E-state index in [2.05, 4.69) is 45.2 Å². The SMILES string of the molecule is ICC1CCC(C2CCCCC2CI)C1. The fraction of sp³-hybridized carbons (Fsp3) is 1.00. The first-order chi connectivity index (χ1) is 7.35. The fourth-order valence-electron chi connectivity index (χ4n) is 3.69. The zero-order valence-electron chi connectivity index (χ0n) is 9.43. The second-order valence-corrected chi connectivity index (χ2v) is 7.22. The second kappa shape index (κ2) is 6.41. The summed E-state index contributed by atoms with van der Waals surface area (Å²) in [6, 6.07) is 0. The lowest BCUT2D eigenvalue weighted by Crippen LogP contribution is -2.26. The molecule has 0 N–H and O–H groups in total. The third-order valence-electron chi connectivity index (χ3n) is 4.57. The topological polar surface area (TPSA) is 0 Å². The number of alkyl halides is 2. The van der Waals surface area contributed by atoms with Gasteiger partial charge in [0, 0.05) is 8.86 Å². The highest BCUT2D eigenvalue weighted by atomic mass is 127. The molecule has 0 aliphatic heterocycles. The van der Waals surface area contributed by atoms with Crippen LogP contribution in [0.3, 0.4) is 0 Å². The molecule has 2 rings (SSSR count).